The van der Waals surface area contributed by atoms with Gasteiger partial charge in [0.25, 0.3) is 0 Å². The summed E-state index contributed by atoms with van der Waals surface area (Å²) in [7, 11) is 0. The molecular weight excluding hydrogens is 582 g/mol. The molecule has 1 atom stereocenters. The first-order chi connectivity index (χ1) is 20.5. The number of hydrogen-bond donors (Lipinski definition) is 6. The first-order valence-corrected chi connectivity index (χ1v) is 13.8. The van der Waals surface area contributed by atoms with Gasteiger partial charge >= 0.3 is 29.8 Å². The summed E-state index contributed by atoms with van der Waals surface area (Å²) < 4.78 is 5.43. The molecule has 1 aromatic carbocycles. The average molecular weight is 626 g/mol. The molecule has 16 heteroatoms. The molecule has 0 aliphatic rings. The van der Waals surface area contributed by atoms with Gasteiger partial charge in [-0.05, 0) is 44.9 Å². The van der Waals surface area contributed by atoms with Crippen LogP contribution in [-0.2, 0) is 39.9 Å². The van der Waals surface area contributed by atoms with Crippen LogP contribution in [0.3, 0.4) is 0 Å². The summed E-state index contributed by atoms with van der Waals surface area (Å²) in [6, 6.07) is 5.85. The van der Waals surface area contributed by atoms with Gasteiger partial charge < -0.3 is 36.2 Å². The number of carboxylic acids is 4. The lowest BCUT2D eigenvalue weighted by Gasteiger charge is -2.35. The molecular formula is C28H43N5O11. The highest BCUT2D eigenvalue weighted by Gasteiger charge is 2.28. The minimum atomic E-state index is -1.28. The largest absolute Gasteiger partial charge is 0.480 e. The van der Waals surface area contributed by atoms with Crippen molar-refractivity contribution in [3.63, 3.8) is 0 Å². The smallest absolute Gasteiger partial charge is 0.320 e. The van der Waals surface area contributed by atoms with Crippen molar-refractivity contribution in [2.45, 2.75) is 45.3 Å². The first kappa shape index (κ1) is 37.9. The second-order valence-electron chi connectivity index (χ2n) is 11.2. The maximum atomic E-state index is 12.8. The second-order valence-corrected chi connectivity index (χ2v) is 11.2. The second kappa shape index (κ2) is 18.5. The number of nitrogens with two attached hydrogens (primary N) is 1. The van der Waals surface area contributed by atoms with Crippen LogP contribution in [0.2, 0.25) is 0 Å². The van der Waals surface area contributed by atoms with Crippen molar-refractivity contribution in [3.05, 3.63) is 29.8 Å². The van der Waals surface area contributed by atoms with Gasteiger partial charge in [0, 0.05) is 44.3 Å². The Morgan fingerprint density at radius 2 is 1.30 bits per heavy atom. The van der Waals surface area contributed by atoms with E-state index in [1.54, 1.807) is 49.9 Å². The number of ether oxygens (including phenoxy) is 1. The van der Waals surface area contributed by atoms with E-state index in [9.17, 15) is 49.2 Å². The fraction of sp³-hybridized carbons (Fsp3) is 0.571. The molecule has 0 fully saturated rings. The summed E-state index contributed by atoms with van der Waals surface area (Å²) in [4.78, 5) is 74.6. The van der Waals surface area contributed by atoms with Gasteiger partial charge in [0.05, 0.1) is 32.7 Å². The summed E-state index contributed by atoms with van der Waals surface area (Å²) in [6.07, 6.45) is 0.267. The standard InChI is InChI=1S/C28H43N5O11/c1-28(2,3)44-27(43)18-31(10-11-32(14-23(35)36)15-24(37)38)13-21(33(16-25(39)40)17-26(41)42)12-19-4-6-20(7-5-19)30-22(34)8-9-29/h4-7,21H,8-18,29H2,1-3H3,(H,30,34)(H,35,36)(H,37,38)(H,39,40)(H,41,42)/t21-/m1/s1. The molecule has 0 unspecified atom stereocenters. The van der Waals surface area contributed by atoms with E-state index in [4.69, 9.17) is 10.5 Å². The number of benzene rings is 1. The van der Waals surface area contributed by atoms with Gasteiger partial charge in [0.15, 0.2) is 0 Å². The van der Waals surface area contributed by atoms with Crippen LogP contribution in [0.25, 0.3) is 0 Å². The van der Waals surface area contributed by atoms with E-state index in [1.807, 2.05) is 0 Å². The van der Waals surface area contributed by atoms with Crippen molar-refractivity contribution < 1.29 is 53.9 Å². The summed E-state index contributed by atoms with van der Waals surface area (Å²) in [5.41, 5.74) is 5.74. The quantitative estimate of drug-likeness (QED) is 0.0941. The lowest BCUT2D eigenvalue weighted by molar-refractivity contribution is -0.157. The number of hydrogen-bond acceptors (Lipinski definition) is 11. The van der Waals surface area contributed by atoms with Crippen LogP contribution < -0.4 is 11.1 Å². The molecule has 0 saturated heterocycles. The normalized spacial score (nSPS) is 12.2. The first-order valence-electron chi connectivity index (χ1n) is 13.8. The fourth-order valence-electron chi connectivity index (χ4n) is 4.29. The number of amides is 1. The molecule has 0 heterocycles. The minimum Gasteiger partial charge on any atom is -0.480 e. The van der Waals surface area contributed by atoms with Gasteiger partial charge in [-0.1, -0.05) is 12.1 Å². The van der Waals surface area contributed by atoms with Crippen LogP contribution >= 0.6 is 0 Å². The number of anilines is 1. The number of carboxylic acid groups (broad SMARTS) is 4. The fourth-order valence-corrected chi connectivity index (χ4v) is 4.29. The molecule has 7 N–H and O–H groups in total. The monoisotopic (exact) mass is 625 g/mol. The van der Waals surface area contributed by atoms with Gasteiger partial charge in [-0.25, -0.2) is 0 Å². The molecule has 1 rings (SSSR count). The van der Waals surface area contributed by atoms with Gasteiger partial charge in [-0.2, -0.15) is 0 Å². The summed E-state index contributed by atoms with van der Waals surface area (Å²) in [5, 5.41) is 40.2. The topological polar surface area (TPSA) is 240 Å². The van der Waals surface area contributed by atoms with Gasteiger partial charge in [-0.3, -0.25) is 43.5 Å². The third-order valence-electron chi connectivity index (χ3n) is 5.97. The van der Waals surface area contributed by atoms with Crippen molar-refractivity contribution in [2.24, 2.45) is 5.73 Å². The highest BCUT2D eigenvalue weighted by Crippen LogP contribution is 2.16. The molecule has 0 spiro atoms. The van der Waals surface area contributed by atoms with Crippen molar-refractivity contribution in [1.82, 2.24) is 14.7 Å². The molecule has 44 heavy (non-hydrogen) atoms. The predicted molar refractivity (Wildman–Crippen MR) is 157 cm³/mol. The average Bonchev–Trinajstić information content (AvgIpc) is 2.85. The van der Waals surface area contributed by atoms with Crippen LogP contribution in [0.5, 0.6) is 0 Å². The lowest BCUT2D eigenvalue weighted by Crippen LogP contribution is -2.51. The summed E-state index contributed by atoms with van der Waals surface area (Å²) in [5.74, 6) is -5.96. The van der Waals surface area contributed by atoms with Gasteiger partial charge in [0.2, 0.25) is 5.91 Å². The zero-order chi connectivity index (χ0) is 33.4. The van der Waals surface area contributed by atoms with Crippen LogP contribution in [0.1, 0.15) is 32.8 Å². The number of aliphatic carboxylic acids is 4. The Kier molecular flexibility index (Phi) is 16.0. The van der Waals surface area contributed by atoms with Crippen molar-refractivity contribution >= 4 is 41.4 Å². The summed E-state index contributed by atoms with van der Waals surface area (Å²) >= 11 is 0. The predicted octanol–water partition coefficient (Wildman–Crippen LogP) is -0.529. The minimum absolute atomic E-state index is 0.0175. The van der Waals surface area contributed by atoms with Gasteiger partial charge in [0.1, 0.15) is 5.60 Å². The van der Waals surface area contributed by atoms with E-state index >= 15 is 0 Å². The van der Waals surface area contributed by atoms with Gasteiger partial charge in [-0.15, -0.1) is 0 Å². The Hall–Kier alpha value is -4.12. The highest BCUT2D eigenvalue weighted by atomic mass is 16.6. The lowest BCUT2D eigenvalue weighted by atomic mass is 10.0. The van der Waals surface area contributed by atoms with E-state index in [-0.39, 0.29) is 51.5 Å². The number of esters is 1. The van der Waals surface area contributed by atoms with E-state index in [0.29, 0.717) is 11.3 Å². The van der Waals surface area contributed by atoms with E-state index < -0.39 is 67.7 Å². The summed E-state index contributed by atoms with van der Waals surface area (Å²) in [6.45, 7) is 2.31. The third kappa shape index (κ3) is 17.1. The number of carbonyl (C=O) groups excluding carboxylic acids is 2. The zero-order valence-electron chi connectivity index (χ0n) is 25.2. The van der Waals surface area contributed by atoms with Crippen molar-refractivity contribution in [1.29, 1.82) is 0 Å². The maximum Gasteiger partial charge on any atom is 0.320 e. The maximum absolute atomic E-state index is 12.8. The highest BCUT2D eigenvalue weighted by molar-refractivity contribution is 5.90. The number of nitrogens with zero attached hydrogens (tertiary/aromatic N) is 3. The number of nitrogens with one attached hydrogen (secondary N) is 1. The van der Waals surface area contributed by atoms with Crippen LogP contribution in [0.4, 0.5) is 5.69 Å². The number of carbonyl (C=O) groups is 6. The Morgan fingerprint density at radius 3 is 1.75 bits per heavy atom. The molecule has 0 aromatic heterocycles. The SMILES string of the molecule is CC(C)(C)OC(=O)CN(CCN(CC(=O)O)CC(=O)O)C[C@@H](Cc1ccc(NC(=O)CCN)cc1)N(CC(=O)O)CC(=O)O. The van der Waals surface area contributed by atoms with E-state index in [0.717, 1.165) is 4.90 Å². The van der Waals surface area contributed by atoms with Crippen molar-refractivity contribution in [3.8, 4) is 0 Å². The van der Waals surface area contributed by atoms with E-state index in [2.05, 4.69) is 5.32 Å². The molecule has 0 radical (unpaired) electrons. The Labute approximate surface area is 255 Å². The number of rotatable bonds is 21. The molecule has 1 aromatic rings. The van der Waals surface area contributed by atoms with Crippen LogP contribution in [0.15, 0.2) is 24.3 Å². The Morgan fingerprint density at radius 1 is 0.795 bits per heavy atom. The zero-order valence-corrected chi connectivity index (χ0v) is 25.2. The molecule has 0 saturated carbocycles. The molecule has 246 valence electrons. The van der Waals surface area contributed by atoms with Crippen molar-refractivity contribution in [2.75, 3.05) is 64.2 Å². The Bertz CT molecular complexity index is 1110. The van der Waals surface area contributed by atoms with E-state index in [1.165, 1.54) is 4.90 Å². The molecule has 0 bridgehead atoms. The molecule has 1 amide bonds. The third-order valence-corrected chi connectivity index (χ3v) is 5.97. The molecule has 0 aliphatic carbocycles. The molecule has 16 nitrogen and oxygen atoms in total. The Balaban J connectivity index is 3.37. The van der Waals surface area contributed by atoms with Crippen LogP contribution in [0, 0.1) is 0 Å². The molecule has 0 aliphatic heterocycles. The van der Waals surface area contributed by atoms with Crippen LogP contribution in [-0.4, -0.2) is 141 Å².